The quantitative estimate of drug-likeness (QED) is 0.740. The second kappa shape index (κ2) is 5.84. The van der Waals surface area contributed by atoms with Crippen molar-refractivity contribution in [2.75, 3.05) is 0 Å². The van der Waals surface area contributed by atoms with Gasteiger partial charge in [-0.2, -0.15) is 0 Å². The molecule has 1 aromatic rings. The molecule has 0 spiro atoms. The van der Waals surface area contributed by atoms with Gasteiger partial charge in [-0.1, -0.05) is 69.9 Å². The number of dihydropyridines is 1. The highest BCUT2D eigenvalue weighted by atomic mass is 28.3. The van der Waals surface area contributed by atoms with Crippen molar-refractivity contribution in [3.05, 3.63) is 58.9 Å². The number of benzene rings is 1. The monoisotopic (exact) mass is 299 g/mol. The predicted molar refractivity (Wildman–Crippen MR) is 96.2 cm³/mol. The summed E-state index contributed by atoms with van der Waals surface area (Å²) in [5.74, 6) is 0.593. The van der Waals surface area contributed by atoms with Crippen LogP contribution in [0.3, 0.4) is 0 Å². The number of nitrogens with one attached hydrogen (secondary N) is 1. The van der Waals surface area contributed by atoms with Crippen molar-refractivity contribution < 1.29 is 0 Å². The molecule has 1 heterocycles. The lowest BCUT2D eigenvalue weighted by atomic mass is 9.82. The number of hydrogen-bond donors (Lipinski definition) is 1. The van der Waals surface area contributed by atoms with Crippen LogP contribution in [0.15, 0.2) is 47.8 Å². The number of hydrogen-bond acceptors (Lipinski definition) is 1. The van der Waals surface area contributed by atoms with Gasteiger partial charge in [-0.3, -0.25) is 0 Å². The van der Waals surface area contributed by atoms with Crippen molar-refractivity contribution in [3.8, 4) is 0 Å². The molecular formula is C19H29NSi. The van der Waals surface area contributed by atoms with Crippen LogP contribution in [-0.2, 0) is 5.54 Å². The second-order valence-electron chi connectivity index (χ2n) is 7.43. The SMILES string of the molecule is CC[C@@H](C)c1ccccc1C1(C)C=CC([Si](C)(C)C)=CN1. The van der Waals surface area contributed by atoms with Crippen molar-refractivity contribution in [3.63, 3.8) is 0 Å². The molecule has 0 aliphatic carbocycles. The lowest BCUT2D eigenvalue weighted by Crippen LogP contribution is -2.39. The molecule has 1 unspecified atom stereocenters. The van der Waals surface area contributed by atoms with Crippen molar-refractivity contribution >= 4 is 8.07 Å². The van der Waals surface area contributed by atoms with Gasteiger partial charge in [-0.25, -0.2) is 0 Å². The maximum atomic E-state index is 3.67. The van der Waals surface area contributed by atoms with E-state index in [-0.39, 0.29) is 5.54 Å². The Morgan fingerprint density at radius 1 is 1.19 bits per heavy atom. The minimum atomic E-state index is -1.25. The molecule has 0 radical (unpaired) electrons. The van der Waals surface area contributed by atoms with Gasteiger partial charge in [0, 0.05) is 0 Å². The fourth-order valence-corrected chi connectivity index (χ4v) is 3.92. The Labute approximate surface area is 131 Å². The molecule has 1 aliphatic heterocycles. The molecule has 0 fully saturated rings. The molecule has 2 rings (SSSR count). The van der Waals surface area contributed by atoms with E-state index in [1.807, 2.05) is 0 Å². The van der Waals surface area contributed by atoms with Crippen LogP contribution in [0.1, 0.15) is 44.2 Å². The molecule has 0 bridgehead atoms. The first-order chi connectivity index (χ1) is 9.78. The van der Waals surface area contributed by atoms with E-state index >= 15 is 0 Å². The van der Waals surface area contributed by atoms with Gasteiger partial charge in [-0.05, 0) is 41.8 Å². The molecular weight excluding hydrogens is 270 g/mol. The average Bonchev–Trinajstić information content (AvgIpc) is 2.46. The molecule has 1 N–H and O–H groups in total. The van der Waals surface area contributed by atoms with E-state index in [1.165, 1.54) is 22.7 Å². The van der Waals surface area contributed by atoms with Gasteiger partial charge >= 0.3 is 0 Å². The molecule has 1 nitrogen and oxygen atoms in total. The molecule has 0 saturated carbocycles. The number of rotatable bonds is 4. The van der Waals surface area contributed by atoms with Gasteiger partial charge in [0.05, 0.1) is 13.6 Å². The molecule has 2 heteroatoms. The van der Waals surface area contributed by atoms with E-state index in [2.05, 4.69) is 88.3 Å². The molecule has 0 saturated heterocycles. The van der Waals surface area contributed by atoms with Crippen molar-refractivity contribution in [1.29, 1.82) is 0 Å². The summed E-state index contributed by atoms with van der Waals surface area (Å²) in [7, 11) is -1.25. The highest BCUT2D eigenvalue weighted by Gasteiger charge is 2.30. The summed E-state index contributed by atoms with van der Waals surface area (Å²) in [6, 6.07) is 8.86. The van der Waals surface area contributed by atoms with E-state index in [9.17, 15) is 0 Å². The fourth-order valence-electron chi connectivity index (χ4n) is 2.83. The second-order valence-corrected chi connectivity index (χ2v) is 12.5. The summed E-state index contributed by atoms with van der Waals surface area (Å²) in [5, 5.41) is 5.16. The van der Waals surface area contributed by atoms with Gasteiger partial charge in [-0.15, -0.1) is 0 Å². The molecule has 21 heavy (non-hydrogen) atoms. The predicted octanol–water partition coefficient (Wildman–Crippen LogP) is 5.34. The zero-order valence-corrected chi connectivity index (χ0v) is 15.3. The fraction of sp³-hybridized carbons (Fsp3) is 0.474. The van der Waals surface area contributed by atoms with Gasteiger partial charge in [0.2, 0.25) is 0 Å². The Bertz CT molecular complexity index is 565. The Hall–Kier alpha value is -1.28. The van der Waals surface area contributed by atoms with E-state index in [4.69, 9.17) is 0 Å². The van der Waals surface area contributed by atoms with E-state index in [0.29, 0.717) is 5.92 Å². The standard InChI is InChI=1S/C19H29NSi/c1-7-15(2)17-10-8-9-11-18(17)19(3)13-12-16(14-20-19)21(4,5)6/h8-15,20H,7H2,1-6H3/t15-,19?/m1/s1. The summed E-state index contributed by atoms with van der Waals surface area (Å²) in [6.45, 7) is 14.0. The Morgan fingerprint density at radius 2 is 1.86 bits per heavy atom. The van der Waals surface area contributed by atoms with E-state index in [1.54, 1.807) is 0 Å². The molecule has 1 aliphatic rings. The molecule has 0 amide bonds. The summed E-state index contributed by atoms with van der Waals surface area (Å²) in [4.78, 5) is 0. The normalized spacial score (nSPS) is 23.4. The minimum absolute atomic E-state index is 0.0941. The molecule has 114 valence electrons. The first kappa shape index (κ1) is 16.1. The van der Waals surface area contributed by atoms with Gasteiger partial charge in [0.15, 0.2) is 0 Å². The maximum Gasteiger partial charge on any atom is 0.0794 e. The van der Waals surface area contributed by atoms with Crippen molar-refractivity contribution in [1.82, 2.24) is 5.32 Å². The Balaban J connectivity index is 2.37. The summed E-state index contributed by atoms with van der Waals surface area (Å²) >= 11 is 0. The average molecular weight is 300 g/mol. The summed E-state index contributed by atoms with van der Waals surface area (Å²) in [5.41, 5.74) is 2.77. The Morgan fingerprint density at radius 3 is 2.38 bits per heavy atom. The zero-order chi connectivity index (χ0) is 15.7. The van der Waals surface area contributed by atoms with E-state index in [0.717, 1.165) is 0 Å². The highest BCUT2D eigenvalue weighted by Crippen LogP contribution is 2.34. The van der Waals surface area contributed by atoms with Crippen LogP contribution in [0.4, 0.5) is 0 Å². The first-order valence-electron chi connectivity index (χ1n) is 8.05. The van der Waals surface area contributed by atoms with Crippen molar-refractivity contribution in [2.24, 2.45) is 0 Å². The van der Waals surface area contributed by atoms with Crippen LogP contribution in [0, 0.1) is 0 Å². The van der Waals surface area contributed by atoms with Crippen LogP contribution >= 0.6 is 0 Å². The number of allylic oxidation sites excluding steroid dienone is 2. The minimum Gasteiger partial charge on any atom is -0.378 e. The van der Waals surface area contributed by atoms with Crippen LogP contribution in [0.25, 0.3) is 0 Å². The van der Waals surface area contributed by atoms with Crippen LogP contribution in [0.5, 0.6) is 0 Å². The van der Waals surface area contributed by atoms with Crippen LogP contribution in [-0.4, -0.2) is 8.07 Å². The van der Waals surface area contributed by atoms with Gasteiger partial charge in [0.25, 0.3) is 0 Å². The first-order valence-corrected chi connectivity index (χ1v) is 11.5. The third kappa shape index (κ3) is 3.32. The smallest absolute Gasteiger partial charge is 0.0794 e. The molecule has 1 aromatic carbocycles. The topological polar surface area (TPSA) is 12.0 Å². The maximum absolute atomic E-state index is 3.67. The third-order valence-corrected chi connectivity index (χ3v) is 6.70. The van der Waals surface area contributed by atoms with Gasteiger partial charge in [0.1, 0.15) is 0 Å². The lowest BCUT2D eigenvalue weighted by Gasteiger charge is -2.35. The van der Waals surface area contributed by atoms with E-state index < -0.39 is 8.07 Å². The van der Waals surface area contributed by atoms with Crippen LogP contribution < -0.4 is 5.32 Å². The Kier molecular flexibility index (Phi) is 4.48. The lowest BCUT2D eigenvalue weighted by molar-refractivity contribution is 0.511. The summed E-state index contributed by atoms with van der Waals surface area (Å²) < 4.78 is 0. The summed E-state index contributed by atoms with van der Waals surface area (Å²) in [6.07, 6.45) is 8.12. The largest absolute Gasteiger partial charge is 0.378 e. The molecule has 2 atom stereocenters. The highest BCUT2D eigenvalue weighted by molar-refractivity contribution is 6.83. The van der Waals surface area contributed by atoms with Crippen molar-refractivity contribution in [2.45, 2.75) is 58.3 Å². The third-order valence-electron chi connectivity index (χ3n) is 4.65. The molecule has 0 aromatic heterocycles. The van der Waals surface area contributed by atoms with Gasteiger partial charge < -0.3 is 5.32 Å². The zero-order valence-electron chi connectivity index (χ0n) is 14.3. The van der Waals surface area contributed by atoms with Crippen LogP contribution in [0.2, 0.25) is 19.6 Å².